The van der Waals surface area contributed by atoms with Gasteiger partial charge in [-0.15, -0.1) is 0 Å². The molecule has 5 heteroatoms. The lowest BCUT2D eigenvalue weighted by Crippen LogP contribution is -2.41. The number of hydrogen-bond acceptors (Lipinski definition) is 5. The van der Waals surface area contributed by atoms with Crippen LogP contribution in [0.3, 0.4) is 0 Å². The Morgan fingerprint density at radius 2 is 0.829 bits per heavy atom. The Bertz CT molecular complexity index is 377. The Balaban J connectivity index is 3.96. The minimum absolute atomic E-state index is 0.373. The van der Waals surface area contributed by atoms with Crippen molar-refractivity contribution >= 4 is 0 Å². The SMILES string of the molecule is CCCCCCCCCCCCCCCCN(CC(O)COCCCC)CC(O)COCCCC. The molecule has 0 aromatic rings. The molecule has 0 saturated carbocycles. The number of hydrogen-bond donors (Lipinski definition) is 2. The molecule has 0 amide bonds. The van der Waals surface area contributed by atoms with Gasteiger partial charge in [-0.3, -0.25) is 4.90 Å². The summed E-state index contributed by atoms with van der Waals surface area (Å²) in [5.41, 5.74) is 0. The largest absolute Gasteiger partial charge is 0.389 e. The maximum atomic E-state index is 10.4. The molecule has 0 bridgehead atoms. The first-order valence-corrected chi connectivity index (χ1v) is 15.4. The number of aliphatic hydroxyl groups is 2. The second-order valence-corrected chi connectivity index (χ2v) is 10.5. The smallest absolute Gasteiger partial charge is 0.0900 e. The highest BCUT2D eigenvalue weighted by Gasteiger charge is 2.16. The van der Waals surface area contributed by atoms with Crippen molar-refractivity contribution in [3.8, 4) is 0 Å². The van der Waals surface area contributed by atoms with Crippen LogP contribution >= 0.6 is 0 Å². The molecule has 0 saturated heterocycles. The van der Waals surface area contributed by atoms with Gasteiger partial charge < -0.3 is 19.7 Å². The molecule has 2 atom stereocenters. The molecule has 0 aromatic carbocycles. The van der Waals surface area contributed by atoms with Crippen molar-refractivity contribution in [3.05, 3.63) is 0 Å². The van der Waals surface area contributed by atoms with Gasteiger partial charge >= 0.3 is 0 Å². The van der Waals surface area contributed by atoms with Crippen LogP contribution in [0.1, 0.15) is 136 Å². The highest BCUT2D eigenvalue weighted by molar-refractivity contribution is 4.69. The van der Waals surface area contributed by atoms with Crippen molar-refractivity contribution in [1.29, 1.82) is 0 Å². The van der Waals surface area contributed by atoms with E-state index in [-0.39, 0.29) is 0 Å². The van der Waals surface area contributed by atoms with E-state index in [0.29, 0.717) is 39.5 Å². The monoisotopic (exact) mass is 501 g/mol. The van der Waals surface area contributed by atoms with Crippen molar-refractivity contribution in [3.63, 3.8) is 0 Å². The molecule has 0 aliphatic carbocycles. The summed E-state index contributed by atoms with van der Waals surface area (Å²) in [6.45, 7) is 10.7. The van der Waals surface area contributed by atoms with Crippen LogP contribution < -0.4 is 0 Å². The van der Waals surface area contributed by atoms with E-state index in [1.807, 2.05) is 0 Å². The van der Waals surface area contributed by atoms with Crippen LogP contribution in [0.25, 0.3) is 0 Å². The van der Waals surface area contributed by atoms with Crippen LogP contribution in [0.5, 0.6) is 0 Å². The zero-order chi connectivity index (χ0) is 25.8. The Morgan fingerprint density at radius 3 is 1.20 bits per heavy atom. The summed E-state index contributed by atoms with van der Waals surface area (Å²) in [5.74, 6) is 0. The molecule has 35 heavy (non-hydrogen) atoms. The topological polar surface area (TPSA) is 62.2 Å². The van der Waals surface area contributed by atoms with Crippen molar-refractivity contribution in [2.45, 2.75) is 149 Å². The molecular formula is C30H63NO4. The van der Waals surface area contributed by atoms with Gasteiger partial charge in [0.05, 0.1) is 25.4 Å². The zero-order valence-electron chi connectivity index (χ0n) is 24.0. The van der Waals surface area contributed by atoms with Gasteiger partial charge in [-0.2, -0.15) is 0 Å². The summed E-state index contributed by atoms with van der Waals surface area (Å²) in [7, 11) is 0. The molecule has 0 radical (unpaired) electrons. The minimum atomic E-state index is -0.508. The molecule has 5 nitrogen and oxygen atoms in total. The lowest BCUT2D eigenvalue weighted by atomic mass is 10.0. The summed E-state index contributed by atoms with van der Waals surface area (Å²) in [5, 5.41) is 20.8. The Hall–Kier alpha value is -0.200. The summed E-state index contributed by atoms with van der Waals surface area (Å²) in [4.78, 5) is 2.20. The van der Waals surface area contributed by atoms with E-state index in [4.69, 9.17) is 9.47 Å². The number of aliphatic hydroxyl groups excluding tert-OH is 2. The standard InChI is InChI=1S/C30H63NO4/c1-4-7-10-11-12-13-14-15-16-17-18-19-20-21-22-31(25-29(32)27-34-23-8-5-2)26-30(33)28-35-24-9-6-3/h29-30,32-33H,4-28H2,1-3H3. The van der Waals surface area contributed by atoms with Gasteiger partial charge in [0.25, 0.3) is 0 Å². The van der Waals surface area contributed by atoms with E-state index in [1.54, 1.807) is 0 Å². The average Bonchev–Trinajstić information content (AvgIpc) is 2.84. The number of nitrogens with zero attached hydrogens (tertiary/aromatic N) is 1. The minimum Gasteiger partial charge on any atom is -0.389 e. The summed E-state index contributed by atoms with van der Waals surface area (Å²) in [6, 6.07) is 0. The van der Waals surface area contributed by atoms with Crippen LogP contribution in [0, 0.1) is 0 Å². The quantitative estimate of drug-likeness (QED) is 0.107. The lowest BCUT2D eigenvalue weighted by molar-refractivity contribution is -0.0110. The predicted molar refractivity (Wildman–Crippen MR) is 150 cm³/mol. The molecule has 2 N–H and O–H groups in total. The van der Waals surface area contributed by atoms with Gasteiger partial charge in [0.2, 0.25) is 0 Å². The third kappa shape index (κ3) is 26.7. The molecule has 0 aromatic heterocycles. The molecule has 0 heterocycles. The highest BCUT2D eigenvalue weighted by Crippen LogP contribution is 2.13. The first kappa shape index (κ1) is 34.8. The van der Waals surface area contributed by atoms with Gasteiger partial charge in [-0.1, -0.05) is 117 Å². The average molecular weight is 502 g/mol. The van der Waals surface area contributed by atoms with Gasteiger partial charge in [-0.05, 0) is 25.8 Å². The molecule has 212 valence electrons. The molecule has 0 rings (SSSR count). The lowest BCUT2D eigenvalue weighted by Gasteiger charge is -2.27. The molecule has 0 spiro atoms. The predicted octanol–water partition coefficient (Wildman–Crippen LogP) is 7.12. The van der Waals surface area contributed by atoms with Crippen molar-refractivity contribution in [2.24, 2.45) is 0 Å². The Kier molecular flexibility index (Phi) is 28.2. The van der Waals surface area contributed by atoms with E-state index < -0.39 is 12.2 Å². The normalized spacial score (nSPS) is 13.5. The van der Waals surface area contributed by atoms with Crippen molar-refractivity contribution in [1.82, 2.24) is 4.90 Å². The van der Waals surface area contributed by atoms with Crippen molar-refractivity contribution < 1.29 is 19.7 Å². The summed E-state index contributed by atoms with van der Waals surface area (Å²) >= 11 is 0. The molecular weight excluding hydrogens is 438 g/mol. The van der Waals surface area contributed by atoms with Gasteiger partial charge in [-0.25, -0.2) is 0 Å². The van der Waals surface area contributed by atoms with Crippen LogP contribution in [-0.4, -0.2) is 73.4 Å². The summed E-state index contributed by atoms with van der Waals surface area (Å²) in [6.07, 6.45) is 22.2. The van der Waals surface area contributed by atoms with E-state index in [1.165, 1.54) is 83.5 Å². The van der Waals surface area contributed by atoms with Crippen LogP contribution in [0.15, 0.2) is 0 Å². The molecule has 0 fully saturated rings. The molecule has 0 aliphatic heterocycles. The number of ether oxygens (including phenoxy) is 2. The second-order valence-electron chi connectivity index (χ2n) is 10.5. The maximum absolute atomic E-state index is 10.4. The Labute approximate surface area is 219 Å². The highest BCUT2D eigenvalue weighted by atomic mass is 16.5. The fraction of sp³-hybridized carbons (Fsp3) is 1.00. The van der Waals surface area contributed by atoms with Gasteiger partial charge in [0, 0.05) is 26.3 Å². The van der Waals surface area contributed by atoms with Crippen LogP contribution in [0.4, 0.5) is 0 Å². The fourth-order valence-corrected chi connectivity index (χ4v) is 4.42. The fourth-order valence-electron chi connectivity index (χ4n) is 4.42. The number of unbranched alkanes of at least 4 members (excludes halogenated alkanes) is 15. The molecule has 0 aliphatic rings. The first-order chi connectivity index (χ1) is 17.1. The maximum Gasteiger partial charge on any atom is 0.0900 e. The molecule has 2 unspecified atom stereocenters. The van der Waals surface area contributed by atoms with E-state index in [9.17, 15) is 10.2 Å². The van der Waals surface area contributed by atoms with Gasteiger partial charge in [0.15, 0.2) is 0 Å². The second kappa shape index (κ2) is 28.4. The number of rotatable bonds is 29. The summed E-state index contributed by atoms with van der Waals surface area (Å²) < 4.78 is 11.2. The van der Waals surface area contributed by atoms with Crippen LogP contribution in [0.2, 0.25) is 0 Å². The van der Waals surface area contributed by atoms with E-state index in [0.717, 1.165) is 38.6 Å². The third-order valence-electron chi connectivity index (χ3n) is 6.67. The third-order valence-corrected chi connectivity index (χ3v) is 6.67. The van der Waals surface area contributed by atoms with E-state index >= 15 is 0 Å². The zero-order valence-corrected chi connectivity index (χ0v) is 24.0. The van der Waals surface area contributed by atoms with Gasteiger partial charge in [0.1, 0.15) is 0 Å². The Morgan fingerprint density at radius 1 is 0.486 bits per heavy atom. The van der Waals surface area contributed by atoms with Crippen molar-refractivity contribution in [2.75, 3.05) is 46.1 Å². The van der Waals surface area contributed by atoms with E-state index in [2.05, 4.69) is 25.7 Å². The first-order valence-electron chi connectivity index (χ1n) is 15.4. The van der Waals surface area contributed by atoms with Crippen LogP contribution in [-0.2, 0) is 9.47 Å².